The monoisotopic (exact) mass is 237 g/mol. The van der Waals surface area contributed by atoms with Gasteiger partial charge in [-0.25, -0.2) is 8.42 Å². The summed E-state index contributed by atoms with van der Waals surface area (Å²) >= 11 is 1.96. The molecule has 2 unspecified atom stereocenters. The molecular weight excluding hydrogens is 218 g/mol. The van der Waals surface area contributed by atoms with Crippen LogP contribution in [-0.2, 0) is 9.84 Å². The lowest BCUT2D eigenvalue weighted by molar-refractivity contribution is 0.424. The Morgan fingerprint density at radius 2 is 2.14 bits per heavy atom. The molecule has 1 aliphatic heterocycles. The van der Waals surface area contributed by atoms with Crippen molar-refractivity contribution in [1.82, 2.24) is 5.32 Å². The predicted octanol–water partition coefficient (Wildman–Crippen LogP) is 0.762. The van der Waals surface area contributed by atoms with Gasteiger partial charge in [-0.1, -0.05) is 0 Å². The van der Waals surface area contributed by atoms with E-state index in [1.165, 1.54) is 17.8 Å². The lowest BCUT2D eigenvalue weighted by atomic mass is 9.99. The van der Waals surface area contributed by atoms with Crippen molar-refractivity contribution in [2.75, 3.05) is 30.6 Å². The minimum atomic E-state index is -2.77. The second kappa shape index (κ2) is 5.37. The Morgan fingerprint density at radius 3 is 2.71 bits per heavy atom. The first-order valence-corrected chi connectivity index (χ1v) is 8.17. The van der Waals surface area contributed by atoms with E-state index in [0.29, 0.717) is 17.7 Å². The number of thioether (sulfide) groups is 1. The van der Waals surface area contributed by atoms with E-state index in [2.05, 4.69) is 5.32 Å². The lowest BCUT2D eigenvalue weighted by Gasteiger charge is -2.17. The Bertz CT molecular complexity index is 264. The molecule has 0 saturated carbocycles. The molecule has 0 spiro atoms. The average Bonchev–Trinajstić information content (AvgIpc) is 2.49. The highest BCUT2D eigenvalue weighted by Gasteiger charge is 2.25. The molecule has 1 rings (SSSR count). The van der Waals surface area contributed by atoms with E-state index in [1.54, 1.807) is 0 Å². The number of nitrogens with one attached hydrogen (secondary N) is 1. The molecule has 0 aromatic heterocycles. The van der Waals surface area contributed by atoms with Crippen LogP contribution < -0.4 is 5.32 Å². The summed E-state index contributed by atoms with van der Waals surface area (Å²) in [4.78, 5) is 0. The Morgan fingerprint density at radius 1 is 1.43 bits per heavy atom. The molecule has 1 N–H and O–H groups in total. The summed E-state index contributed by atoms with van der Waals surface area (Å²) in [6.07, 6.45) is 3.15. The maximum Gasteiger partial charge on any atom is 0.147 e. The number of sulfone groups is 1. The highest BCUT2D eigenvalue weighted by Crippen LogP contribution is 2.27. The molecule has 84 valence electrons. The van der Waals surface area contributed by atoms with Crippen LogP contribution in [0.25, 0.3) is 0 Å². The quantitative estimate of drug-likeness (QED) is 0.767. The van der Waals surface area contributed by atoms with Crippen molar-refractivity contribution in [1.29, 1.82) is 0 Å². The summed E-state index contributed by atoms with van der Waals surface area (Å²) < 4.78 is 21.9. The predicted molar refractivity (Wildman–Crippen MR) is 62.6 cm³/mol. The highest BCUT2D eigenvalue weighted by atomic mass is 32.2. The van der Waals surface area contributed by atoms with Gasteiger partial charge in [-0.2, -0.15) is 11.8 Å². The van der Waals surface area contributed by atoms with Crippen LogP contribution >= 0.6 is 11.8 Å². The van der Waals surface area contributed by atoms with Gasteiger partial charge < -0.3 is 5.32 Å². The minimum absolute atomic E-state index is 0.338. The zero-order valence-electron chi connectivity index (χ0n) is 8.82. The Balaban J connectivity index is 2.24. The van der Waals surface area contributed by atoms with E-state index < -0.39 is 9.84 Å². The molecule has 0 aromatic carbocycles. The third kappa shape index (κ3) is 4.19. The Hall–Kier alpha value is 0.260. The van der Waals surface area contributed by atoms with Gasteiger partial charge in [0.05, 0.1) is 0 Å². The molecule has 0 aromatic rings. The molecule has 0 aliphatic carbocycles. The van der Waals surface area contributed by atoms with Crippen LogP contribution in [0.15, 0.2) is 0 Å². The first-order valence-electron chi connectivity index (χ1n) is 4.95. The first kappa shape index (κ1) is 12.3. The summed E-state index contributed by atoms with van der Waals surface area (Å²) in [5, 5.41) is 3.29. The third-order valence-electron chi connectivity index (χ3n) is 2.66. The van der Waals surface area contributed by atoms with E-state index in [0.717, 1.165) is 12.8 Å². The fourth-order valence-electron chi connectivity index (χ4n) is 1.81. The standard InChI is InChI=1S/C9H19NO2S2/c1-10-9-7-13-6-8(9)4-3-5-14(2,11)12/h8-10H,3-7H2,1-2H3. The van der Waals surface area contributed by atoms with Gasteiger partial charge in [-0.3, -0.25) is 0 Å². The fraction of sp³-hybridized carbons (Fsp3) is 1.00. The number of rotatable bonds is 5. The van der Waals surface area contributed by atoms with Crippen LogP contribution in [0.3, 0.4) is 0 Å². The average molecular weight is 237 g/mol. The molecule has 1 fully saturated rings. The molecule has 5 heteroatoms. The fourth-order valence-corrected chi connectivity index (χ4v) is 4.03. The van der Waals surface area contributed by atoms with Crippen LogP contribution in [0.4, 0.5) is 0 Å². The van der Waals surface area contributed by atoms with Gasteiger partial charge in [0.2, 0.25) is 0 Å². The smallest absolute Gasteiger partial charge is 0.147 e. The van der Waals surface area contributed by atoms with Gasteiger partial charge in [0.15, 0.2) is 0 Å². The van der Waals surface area contributed by atoms with Crippen molar-refractivity contribution in [2.45, 2.75) is 18.9 Å². The Kier molecular flexibility index (Phi) is 4.73. The molecule has 2 atom stereocenters. The van der Waals surface area contributed by atoms with Crippen LogP contribution in [0.1, 0.15) is 12.8 Å². The van der Waals surface area contributed by atoms with E-state index >= 15 is 0 Å². The van der Waals surface area contributed by atoms with Gasteiger partial charge in [-0.15, -0.1) is 0 Å². The second-order valence-corrected chi connectivity index (χ2v) is 7.30. The normalized spacial score (nSPS) is 28.1. The molecule has 1 aliphatic rings. The van der Waals surface area contributed by atoms with Crippen LogP contribution in [0.2, 0.25) is 0 Å². The van der Waals surface area contributed by atoms with Gasteiger partial charge >= 0.3 is 0 Å². The van der Waals surface area contributed by atoms with Crippen LogP contribution in [0, 0.1) is 5.92 Å². The minimum Gasteiger partial charge on any atom is -0.316 e. The van der Waals surface area contributed by atoms with Crippen molar-refractivity contribution < 1.29 is 8.42 Å². The molecule has 0 radical (unpaired) electrons. The summed E-state index contributed by atoms with van der Waals surface area (Å²) in [6, 6.07) is 0.583. The number of hydrogen-bond acceptors (Lipinski definition) is 4. The molecule has 1 heterocycles. The third-order valence-corrected chi connectivity index (χ3v) is 4.95. The first-order chi connectivity index (χ1) is 6.53. The van der Waals surface area contributed by atoms with Crippen molar-refractivity contribution in [3.63, 3.8) is 0 Å². The lowest BCUT2D eigenvalue weighted by Crippen LogP contribution is -2.32. The molecule has 3 nitrogen and oxygen atoms in total. The molecule has 1 saturated heterocycles. The largest absolute Gasteiger partial charge is 0.316 e. The topological polar surface area (TPSA) is 46.2 Å². The molecule has 0 amide bonds. The van der Waals surface area contributed by atoms with E-state index in [-0.39, 0.29) is 0 Å². The maximum atomic E-state index is 10.9. The summed E-state index contributed by atoms with van der Waals surface area (Å²) in [6.45, 7) is 0. The van der Waals surface area contributed by atoms with Gasteiger partial charge in [0.1, 0.15) is 9.84 Å². The SMILES string of the molecule is CNC1CSCC1CCCS(C)(=O)=O. The molecule has 14 heavy (non-hydrogen) atoms. The van der Waals surface area contributed by atoms with Gasteiger partial charge in [-0.05, 0) is 31.6 Å². The van der Waals surface area contributed by atoms with Gasteiger partial charge in [0.25, 0.3) is 0 Å². The zero-order valence-corrected chi connectivity index (χ0v) is 10.5. The summed E-state index contributed by atoms with van der Waals surface area (Å²) in [5.41, 5.74) is 0. The van der Waals surface area contributed by atoms with Crippen LogP contribution in [0.5, 0.6) is 0 Å². The maximum absolute atomic E-state index is 10.9. The Labute approximate surface area is 91.0 Å². The molecular formula is C9H19NO2S2. The second-order valence-electron chi connectivity index (χ2n) is 3.96. The van der Waals surface area contributed by atoms with E-state index in [1.807, 2.05) is 18.8 Å². The van der Waals surface area contributed by atoms with Crippen LogP contribution in [-0.4, -0.2) is 45.0 Å². The zero-order chi connectivity index (χ0) is 10.6. The number of hydrogen-bond donors (Lipinski definition) is 1. The highest BCUT2D eigenvalue weighted by molar-refractivity contribution is 7.99. The molecule has 0 bridgehead atoms. The van der Waals surface area contributed by atoms with E-state index in [4.69, 9.17) is 0 Å². The summed E-state index contributed by atoms with van der Waals surface area (Å²) in [5.74, 6) is 3.34. The van der Waals surface area contributed by atoms with Gasteiger partial charge in [0, 0.05) is 23.8 Å². The van der Waals surface area contributed by atoms with Crippen molar-refractivity contribution in [3.8, 4) is 0 Å². The van der Waals surface area contributed by atoms with E-state index in [9.17, 15) is 8.42 Å². The van der Waals surface area contributed by atoms with Crippen molar-refractivity contribution in [2.24, 2.45) is 5.92 Å². The summed E-state index contributed by atoms with van der Waals surface area (Å²) in [7, 11) is -0.781. The van der Waals surface area contributed by atoms with Crippen molar-refractivity contribution >= 4 is 21.6 Å². The van der Waals surface area contributed by atoms with Crippen molar-refractivity contribution in [3.05, 3.63) is 0 Å².